The van der Waals surface area contributed by atoms with E-state index in [9.17, 15) is 13.6 Å². The second-order valence-electron chi connectivity index (χ2n) is 6.82. The first-order valence-electron chi connectivity index (χ1n) is 9.35. The molecule has 1 saturated heterocycles. The van der Waals surface area contributed by atoms with E-state index >= 15 is 0 Å². The monoisotopic (exact) mass is 390 g/mol. The van der Waals surface area contributed by atoms with Gasteiger partial charge in [0.25, 0.3) is 5.91 Å². The smallest absolute Gasteiger partial charge is 0.251 e. The van der Waals surface area contributed by atoms with E-state index in [2.05, 4.69) is 10.2 Å². The molecule has 150 valence electrons. The molecule has 2 aromatic rings. The second kappa shape index (κ2) is 9.61. The van der Waals surface area contributed by atoms with Gasteiger partial charge < -0.3 is 14.8 Å². The fraction of sp³-hybridized carbons (Fsp3) is 0.381. The Balaban J connectivity index is 1.49. The number of rotatable bonds is 7. The van der Waals surface area contributed by atoms with Crippen LogP contribution in [-0.2, 0) is 4.74 Å². The van der Waals surface area contributed by atoms with Crippen molar-refractivity contribution in [1.29, 1.82) is 0 Å². The van der Waals surface area contributed by atoms with Gasteiger partial charge in [0.05, 0.1) is 13.2 Å². The number of carbonyl (C=O) groups excluding carboxylic acids is 1. The first-order chi connectivity index (χ1) is 13.5. The molecule has 1 unspecified atom stereocenters. The van der Waals surface area contributed by atoms with Crippen molar-refractivity contribution in [3.8, 4) is 11.5 Å². The van der Waals surface area contributed by atoms with Crippen molar-refractivity contribution in [2.45, 2.75) is 19.4 Å². The zero-order chi connectivity index (χ0) is 19.9. The molecule has 5 nitrogen and oxygen atoms in total. The molecule has 1 N–H and O–H groups in total. The predicted molar refractivity (Wildman–Crippen MR) is 102 cm³/mol. The lowest BCUT2D eigenvalue weighted by molar-refractivity contribution is 0.0363. The summed E-state index contributed by atoms with van der Waals surface area (Å²) >= 11 is 0. The number of carbonyl (C=O) groups is 1. The number of hydrogen-bond acceptors (Lipinski definition) is 4. The lowest BCUT2D eigenvalue weighted by Crippen LogP contribution is -2.40. The third-order valence-electron chi connectivity index (χ3n) is 4.60. The van der Waals surface area contributed by atoms with Gasteiger partial charge in [-0.25, -0.2) is 8.78 Å². The summed E-state index contributed by atoms with van der Waals surface area (Å²) in [6.45, 7) is 6.30. The average molecular weight is 390 g/mol. The van der Waals surface area contributed by atoms with E-state index in [0.29, 0.717) is 11.3 Å². The summed E-state index contributed by atoms with van der Waals surface area (Å²) in [5.74, 6) is -1.44. The second-order valence-corrected chi connectivity index (χ2v) is 6.82. The lowest BCUT2D eigenvalue weighted by Gasteiger charge is -2.27. The van der Waals surface area contributed by atoms with E-state index in [0.717, 1.165) is 51.4 Å². The van der Waals surface area contributed by atoms with E-state index in [4.69, 9.17) is 9.47 Å². The maximum absolute atomic E-state index is 13.2. The van der Waals surface area contributed by atoms with Crippen LogP contribution >= 0.6 is 0 Å². The summed E-state index contributed by atoms with van der Waals surface area (Å²) in [6, 6.07) is 9.89. The molecule has 0 bridgehead atoms. The van der Waals surface area contributed by atoms with Crippen molar-refractivity contribution in [3.05, 3.63) is 59.7 Å². The van der Waals surface area contributed by atoms with Crippen LogP contribution < -0.4 is 10.1 Å². The molecule has 1 aliphatic rings. The number of benzene rings is 2. The molecule has 2 aromatic carbocycles. The molecular formula is C21H24F2N2O3. The van der Waals surface area contributed by atoms with Crippen molar-refractivity contribution < 1.29 is 23.0 Å². The third-order valence-corrected chi connectivity index (χ3v) is 4.60. The number of nitrogens with zero attached hydrogens (tertiary/aromatic N) is 1. The van der Waals surface area contributed by atoms with Crippen molar-refractivity contribution in [2.24, 2.45) is 0 Å². The molecule has 3 rings (SSSR count). The number of ether oxygens (including phenoxy) is 2. The van der Waals surface area contributed by atoms with Gasteiger partial charge in [-0.15, -0.1) is 0 Å². The van der Waals surface area contributed by atoms with E-state index in [1.165, 1.54) is 6.07 Å². The SMILES string of the molecule is CC(CCN1CCOCC1)NC(=O)c1ccc(Oc2ccc(F)c(F)c2)cc1. The maximum atomic E-state index is 13.2. The Morgan fingerprint density at radius 2 is 1.79 bits per heavy atom. The molecule has 1 amide bonds. The van der Waals surface area contributed by atoms with Crippen LogP contribution in [0.15, 0.2) is 42.5 Å². The van der Waals surface area contributed by atoms with E-state index in [1.807, 2.05) is 6.92 Å². The summed E-state index contributed by atoms with van der Waals surface area (Å²) in [6.07, 6.45) is 0.864. The topological polar surface area (TPSA) is 50.8 Å². The third kappa shape index (κ3) is 5.74. The summed E-state index contributed by atoms with van der Waals surface area (Å²) in [4.78, 5) is 14.7. The van der Waals surface area contributed by atoms with Crippen molar-refractivity contribution >= 4 is 5.91 Å². The van der Waals surface area contributed by atoms with E-state index in [1.54, 1.807) is 24.3 Å². The van der Waals surface area contributed by atoms with E-state index in [-0.39, 0.29) is 17.7 Å². The van der Waals surface area contributed by atoms with Gasteiger partial charge in [0.2, 0.25) is 0 Å². The first-order valence-corrected chi connectivity index (χ1v) is 9.35. The van der Waals surface area contributed by atoms with Gasteiger partial charge in [0.15, 0.2) is 11.6 Å². The van der Waals surface area contributed by atoms with Crippen LogP contribution in [0.4, 0.5) is 8.78 Å². The van der Waals surface area contributed by atoms with E-state index < -0.39 is 11.6 Å². The molecule has 0 spiro atoms. The summed E-state index contributed by atoms with van der Waals surface area (Å²) in [5.41, 5.74) is 0.510. The zero-order valence-corrected chi connectivity index (χ0v) is 15.8. The minimum atomic E-state index is -0.973. The highest BCUT2D eigenvalue weighted by Crippen LogP contribution is 2.23. The van der Waals surface area contributed by atoms with Crippen molar-refractivity contribution in [3.63, 3.8) is 0 Å². The fourth-order valence-corrected chi connectivity index (χ4v) is 2.93. The Hall–Kier alpha value is -2.51. The Morgan fingerprint density at radius 1 is 1.11 bits per heavy atom. The number of hydrogen-bond donors (Lipinski definition) is 1. The van der Waals surface area contributed by atoms with Gasteiger partial charge in [-0.2, -0.15) is 0 Å². The normalized spacial score (nSPS) is 15.8. The van der Waals surface area contributed by atoms with Crippen LogP contribution in [0.3, 0.4) is 0 Å². The number of nitrogens with one attached hydrogen (secondary N) is 1. The van der Waals surface area contributed by atoms with Crippen LogP contribution in [0, 0.1) is 11.6 Å². The molecule has 1 aliphatic heterocycles. The first kappa shape index (κ1) is 20.2. The quantitative estimate of drug-likeness (QED) is 0.785. The number of halogens is 2. The Labute approximate surface area is 163 Å². The summed E-state index contributed by atoms with van der Waals surface area (Å²) in [5, 5.41) is 2.99. The molecule has 7 heteroatoms. The lowest BCUT2D eigenvalue weighted by atomic mass is 10.1. The standard InChI is InChI=1S/C21H24F2N2O3/c1-15(8-9-25-10-12-27-13-11-25)24-21(26)16-2-4-17(5-3-16)28-18-6-7-19(22)20(23)14-18/h2-7,14-15H,8-13H2,1H3,(H,24,26). The van der Waals surface area contributed by atoms with Crippen molar-refractivity contribution in [2.75, 3.05) is 32.8 Å². The van der Waals surface area contributed by atoms with Gasteiger partial charge in [0, 0.05) is 37.3 Å². The van der Waals surface area contributed by atoms with Gasteiger partial charge in [-0.3, -0.25) is 9.69 Å². The summed E-state index contributed by atoms with van der Waals surface area (Å²) in [7, 11) is 0. The maximum Gasteiger partial charge on any atom is 0.251 e. The van der Waals surface area contributed by atoms with Crippen molar-refractivity contribution in [1.82, 2.24) is 10.2 Å². The highest BCUT2D eigenvalue weighted by Gasteiger charge is 2.14. The van der Waals surface area contributed by atoms with Gasteiger partial charge in [-0.05, 0) is 49.7 Å². The molecule has 0 radical (unpaired) electrons. The summed E-state index contributed by atoms with van der Waals surface area (Å²) < 4.78 is 37.0. The van der Waals surface area contributed by atoms with Gasteiger partial charge in [-0.1, -0.05) is 0 Å². The average Bonchev–Trinajstić information content (AvgIpc) is 2.70. The largest absolute Gasteiger partial charge is 0.457 e. The molecule has 1 heterocycles. The van der Waals surface area contributed by atoms with Crippen LogP contribution in [0.2, 0.25) is 0 Å². The highest BCUT2D eigenvalue weighted by atomic mass is 19.2. The molecule has 0 aliphatic carbocycles. The molecule has 1 fully saturated rings. The molecule has 28 heavy (non-hydrogen) atoms. The highest BCUT2D eigenvalue weighted by molar-refractivity contribution is 5.94. The molecule has 0 aromatic heterocycles. The predicted octanol–water partition coefficient (Wildman–Crippen LogP) is 3.60. The minimum Gasteiger partial charge on any atom is -0.457 e. The Bertz CT molecular complexity index is 793. The number of amides is 1. The Kier molecular flexibility index (Phi) is 6.95. The zero-order valence-electron chi connectivity index (χ0n) is 15.8. The molecule has 1 atom stereocenters. The minimum absolute atomic E-state index is 0.0495. The van der Waals surface area contributed by atoms with Gasteiger partial charge in [0.1, 0.15) is 11.5 Å². The van der Waals surface area contributed by atoms with Crippen LogP contribution in [0.1, 0.15) is 23.7 Å². The van der Waals surface area contributed by atoms with Crippen LogP contribution in [-0.4, -0.2) is 49.7 Å². The molecular weight excluding hydrogens is 366 g/mol. The molecule has 0 saturated carbocycles. The fourth-order valence-electron chi connectivity index (χ4n) is 2.93. The van der Waals surface area contributed by atoms with Crippen LogP contribution in [0.25, 0.3) is 0 Å². The van der Waals surface area contributed by atoms with Gasteiger partial charge >= 0.3 is 0 Å². The number of morpholine rings is 1. The van der Waals surface area contributed by atoms with Crippen LogP contribution in [0.5, 0.6) is 11.5 Å². The Morgan fingerprint density at radius 3 is 2.46 bits per heavy atom.